The Kier molecular flexibility index (Phi) is 3.66. The third-order valence-electron chi connectivity index (χ3n) is 3.51. The highest BCUT2D eigenvalue weighted by atomic mass is 19.4. The molecule has 1 aliphatic rings. The number of halogens is 3. The molecule has 18 heavy (non-hydrogen) atoms. The summed E-state index contributed by atoms with van der Waals surface area (Å²) in [5.41, 5.74) is 1.88. The van der Waals surface area contributed by atoms with Crippen molar-refractivity contribution >= 4 is 0 Å². The van der Waals surface area contributed by atoms with Crippen LogP contribution in [0.2, 0.25) is 0 Å². The second-order valence-corrected chi connectivity index (χ2v) is 5.02. The SMILES string of the molecule is Cc1cc(CC2CC(C(F)(F)F)CCN2)n(C)n1. The molecular weight excluding hydrogens is 243 g/mol. The Balaban J connectivity index is 2.00. The van der Waals surface area contributed by atoms with Crippen LogP contribution in [0.5, 0.6) is 0 Å². The van der Waals surface area contributed by atoms with Gasteiger partial charge in [-0.3, -0.25) is 4.68 Å². The van der Waals surface area contributed by atoms with E-state index >= 15 is 0 Å². The van der Waals surface area contributed by atoms with Crippen LogP contribution in [0.15, 0.2) is 6.07 Å². The molecule has 0 radical (unpaired) electrons. The topological polar surface area (TPSA) is 29.9 Å². The summed E-state index contributed by atoms with van der Waals surface area (Å²) in [6, 6.07) is 1.82. The molecule has 3 nitrogen and oxygen atoms in total. The summed E-state index contributed by atoms with van der Waals surface area (Å²) in [5, 5.41) is 7.38. The van der Waals surface area contributed by atoms with Crippen molar-refractivity contribution in [2.24, 2.45) is 13.0 Å². The van der Waals surface area contributed by atoms with Crippen molar-refractivity contribution in [1.29, 1.82) is 0 Å². The molecule has 1 fully saturated rings. The molecule has 2 unspecified atom stereocenters. The van der Waals surface area contributed by atoms with Crippen molar-refractivity contribution in [3.8, 4) is 0 Å². The summed E-state index contributed by atoms with van der Waals surface area (Å²) >= 11 is 0. The normalized spacial score (nSPS) is 25.4. The molecular formula is C12H18F3N3. The van der Waals surface area contributed by atoms with Gasteiger partial charge in [-0.15, -0.1) is 0 Å². The van der Waals surface area contributed by atoms with Gasteiger partial charge in [-0.05, 0) is 32.4 Å². The first-order valence-electron chi connectivity index (χ1n) is 6.16. The number of rotatable bonds is 2. The van der Waals surface area contributed by atoms with Gasteiger partial charge in [0.15, 0.2) is 0 Å². The highest BCUT2D eigenvalue weighted by Gasteiger charge is 2.42. The van der Waals surface area contributed by atoms with Gasteiger partial charge < -0.3 is 5.32 Å². The second-order valence-electron chi connectivity index (χ2n) is 5.02. The van der Waals surface area contributed by atoms with E-state index in [1.165, 1.54) is 0 Å². The summed E-state index contributed by atoms with van der Waals surface area (Å²) in [7, 11) is 1.83. The average Bonchev–Trinajstić information content (AvgIpc) is 2.56. The van der Waals surface area contributed by atoms with Crippen LogP contribution in [-0.4, -0.2) is 28.5 Å². The quantitative estimate of drug-likeness (QED) is 0.884. The molecule has 1 saturated heterocycles. The Labute approximate surface area is 104 Å². The van der Waals surface area contributed by atoms with E-state index in [1.54, 1.807) is 4.68 Å². The number of hydrogen-bond donors (Lipinski definition) is 1. The molecule has 1 aromatic rings. The lowest BCUT2D eigenvalue weighted by Crippen LogP contribution is -2.44. The fourth-order valence-corrected chi connectivity index (χ4v) is 2.57. The van der Waals surface area contributed by atoms with Crippen molar-refractivity contribution in [1.82, 2.24) is 15.1 Å². The minimum absolute atomic E-state index is 0.111. The fourth-order valence-electron chi connectivity index (χ4n) is 2.57. The Morgan fingerprint density at radius 2 is 2.22 bits per heavy atom. The van der Waals surface area contributed by atoms with E-state index in [1.807, 2.05) is 20.0 Å². The van der Waals surface area contributed by atoms with Gasteiger partial charge in [0.1, 0.15) is 0 Å². The molecule has 6 heteroatoms. The van der Waals surface area contributed by atoms with Gasteiger partial charge in [0.05, 0.1) is 11.6 Å². The minimum Gasteiger partial charge on any atom is -0.314 e. The van der Waals surface area contributed by atoms with Crippen molar-refractivity contribution in [3.63, 3.8) is 0 Å². The maximum Gasteiger partial charge on any atom is 0.391 e. The van der Waals surface area contributed by atoms with Crippen LogP contribution in [0.1, 0.15) is 24.2 Å². The van der Waals surface area contributed by atoms with E-state index in [2.05, 4.69) is 10.4 Å². The summed E-state index contributed by atoms with van der Waals surface area (Å²) in [6.07, 6.45) is -3.12. The highest BCUT2D eigenvalue weighted by molar-refractivity contribution is 5.10. The molecule has 2 heterocycles. The average molecular weight is 261 g/mol. The Morgan fingerprint density at radius 3 is 2.78 bits per heavy atom. The van der Waals surface area contributed by atoms with E-state index in [0.717, 1.165) is 11.4 Å². The Bertz CT molecular complexity index is 411. The van der Waals surface area contributed by atoms with Gasteiger partial charge in [-0.25, -0.2) is 0 Å². The molecule has 2 rings (SSSR count). The third kappa shape index (κ3) is 3.04. The summed E-state index contributed by atoms with van der Waals surface area (Å²) < 4.78 is 39.8. The van der Waals surface area contributed by atoms with E-state index in [4.69, 9.17) is 0 Å². The van der Waals surface area contributed by atoms with Gasteiger partial charge in [0.2, 0.25) is 0 Å². The lowest BCUT2D eigenvalue weighted by molar-refractivity contribution is -0.183. The second kappa shape index (κ2) is 4.91. The number of piperidine rings is 1. The van der Waals surface area contributed by atoms with Crippen molar-refractivity contribution in [2.45, 2.75) is 38.4 Å². The maximum absolute atomic E-state index is 12.7. The predicted octanol–water partition coefficient (Wildman–Crippen LogP) is 2.20. The Morgan fingerprint density at radius 1 is 1.50 bits per heavy atom. The fraction of sp³-hybridized carbons (Fsp3) is 0.750. The standard InChI is InChI=1S/C12H18F3N3/c1-8-5-11(18(2)17-8)7-10-6-9(3-4-16-10)12(13,14)15/h5,9-10,16H,3-4,6-7H2,1-2H3. The number of hydrogen-bond acceptors (Lipinski definition) is 2. The number of aryl methyl sites for hydroxylation is 2. The summed E-state index contributed by atoms with van der Waals surface area (Å²) in [5.74, 6) is -1.17. The van der Waals surface area contributed by atoms with Gasteiger partial charge in [-0.2, -0.15) is 18.3 Å². The zero-order valence-electron chi connectivity index (χ0n) is 10.6. The van der Waals surface area contributed by atoms with Crippen LogP contribution in [0.4, 0.5) is 13.2 Å². The van der Waals surface area contributed by atoms with Crippen molar-refractivity contribution in [3.05, 3.63) is 17.5 Å². The molecule has 0 aliphatic carbocycles. The zero-order valence-corrected chi connectivity index (χ0v) is 10.6. The lowest BCUT2D eigenvalue weighted by Gasteiger charge is -2.31. The highest BCUT2D eigenvalue weighted by Crippen LogP contribution is 2.34. The summed E-state index contributed by atoms with van der Waals surface area (Å²) in [4.78, 5) is 0. The largest absolute Gasteiger partial charge is 0.391 e. The molecule has 102 valence electrons. The van der Waals surface area contributed by atoms with Crippen molar-refractivity contribution in [2.75, 3.05) is 6.54 Å². The molecule has 1 N–H and O–H groups in total. The van der Waals surface area contributed by atoms with E-state index in [9.17, 15) is 13.2 Å². The van der Waals surface area contributed by atoms with Gasteiger partial charge >= 0.3 is 6.18 Å². The Hall–Kier alpha value is -1.04. The number of nitrogens with zero attached hydrogens (tertiary/aromatic N) is 2. The van der Waals surface area contributed by atoms with E-state index in [-0.39, 0.29) is 18.9 Å². The molecule has 0 spiro atoms. The molecule has 2 atom stereocenters. The van der Waals surface area contributed by atoms with Crippen LogP contribution in [0.3, 0.4) is 0 Å². The molecule has 0 bridgehead atoms. The molecule has 1 aliphatic heterocycles. The maximum atomic E-state index is 12.7. The monoisotopic (exact) mass is 261 g/mol. The minimum atomic E-state index is -4.07. The van der Waals surface area contributed by atoms with Crippen LogP contribution < -0.4 is 5.32 Å². The van der Waals surface area contributed by atoms with Gasteiger partial charge in [0.25, 0.3) is 0 Å². The first-order valence-corrected chi connectivity index (χ1v) is 6.16. The molecule has 0 amide bonds. The molecule has 1 aromatic heterocycles. The molecule has 0 saturated carbocycles. The zero-order chi connectivity index (χ0) is 13.3. The van der Waals surface area contributed by atoms with Crippen LogP contribution >= 0.6 is 0 Å². The molecule has 0 aromatic carbocycles. The van der Waals surface area contributed by atoms with Gasteiger partial charge in [0, 0.05) is 25.2 Å². The predicted molar refractivity (Wildman–Crippen MR) is 62.2 cm³/mol. The third-order valence-corrected chi connectivity index (χ3v) is 3.51. The lowest BCUT2D eigenvalue weighted by atomic mass is 9.90. The van der Waals surface area contributed by atoms with Gasteiger partial charge in [-0.1, -0.05) is 0 Å². The number of alkyl halides is 3. The summed E-state index contributed by atoms with van der Waals surface area (Å²) in [6.45, 7) is 2.32. The van der Waals surface area contributed by atoms with Crippen LogP contribution in [0.25, 0.3) is 0 Å². The van der Waals surface area contributed by atoms with Crippen LogP contribution in [-0.2, 0) is 13.5 Å². The van der Waals surface area contributed by atoms with E-state index in [0.29, 0.717) is 13.0 Å². The first kappa shape index (κ1) is 13.4. The van der Waals surface area contributed by atoms with Crippen LogP contribution in [0, 0.1) is 12.8 Å². The smallest absolute Gasteiger partial charge is 0.314 e. The number of nitrogens with one attached hydrogen (secondary N) is 1. The van der Waals surface area contributed by atoms with E-state index < -0.39 is 12.1 Å². The first-order chi connectivity index (χ1) is 8.36. The number of aromatic nitrogens is 2. The van der Waals surface area contributed by atoms with Crippen molar-refractivity contribution < 1.29 is 13.2 Å².